The number of hydrogen-bond donors (Lipinski definition) is 0. The SMILES string of the molecule is COC(=O)C(C)N(C(=O)CN1CCOCC1)c1c(C)cccc1C. The van der Waals surface area contributed by atoms with E-state index in [9.17, 15) is 9.59 Å². The van der Waals surface area contributed by atoms with Crippen LogP contribution in [0.1, 0.15) is 18.1 Å². The van der Waals surface area contributed by atoms with Gasteiger partial charge in [0.25, 0.3) is 0 Å². The molecule has 0 spiro atoms. The van der Waals surface area contributed by atoms with Crippen molar-refractivity contribution in [1.29, 1.82) is 0 Å². The van der Waals surface area contributed by atoms with Gasteiger partial charge in [0.15, 0.2) is 0 Å². The highest BCUT2D eigenvalue weighted by Gasteiger charge is 2.31. The summed E-state index contributed by atoms with van der Waals surface area (Å²) in [5, 5.41) is 0. The van der Waals surface area contributed by atoms with Gasteiger partial charge in [-0.15, -0.1) is 0 Å². The van der Waals surface area contributed by atoms with Crippen molar-refractivity contribution in [2.24, 2.45) is 0 Å². The second-order valence-corrected chi connectivity index (χ2v) is 6.09. The zero-order valence-electron chi connectivity index (χ0n) is 14.9. The highest BCUT2D eigenvalue weighted by molar-refractivity contribution is 6.01. The molecule has 1 atom stereocenters. The summed E-state index contributed by atoms with van der Waals surface area (Å²) in [4.78, 5) is 28.7. The molecule has 1 aliphatic heterocycles. The predicted molar refractivity (Wildman–Crippen MR) is 92.1 cm³/mol. The number of rotatable bonds is 5. The molecule has 132 valence electrons. The van der Waals surface area contributed by atoms with Crippen LogP contribution in [0.2, 0.25) is 0 Å². The van der Waals surface area contributed by atoms with Crippen molar-refractivity contribution in [2.45, 2.75) is 26.8 Å². The van der Waals surface area contributed by atoms with Crippen molar-refractivity contribution in [3.8, 4) is 0 Å². The number of anilines is 1. The molecule has 1 amide bonds. The van der Waals surface area contributed by atoms with Crippen LogP contribution >= 0.6 is 0 Å². The highest BCUT2D eigenvalue weighted by Crippen LogP contribution is 2.27. The Bertz CT molecular complexity index is 576. The van der Waals surface area contributed by atoms with E-state index < -0.39 is 12.0 Å². The minimum atomic E-state index is -0.677. The summed E-state index contributed by atoms with van der Waals surface area (Å²) in [6.45, 7) is 8.56. The summed E-state index contributed by atoms with van der Waals surface area (Å²) in [5.41, 5.74) is 2.70. The quantitative estimate of drug-likeness (QED) is 0.764. The molecule has 2 rings (SSSR count). The zero-order valence-corrected chi connectivity index (χ0v) is 14.9. The molecule has 0 aliphatic carbocycles. The van der Waals surface area contributed by atoms with Gasteiger partial charge in [0.2, 0.25) is 5.91 Å². The lowest BCUT2D eigenvalue weighted by Crippen LogP contribution is -2.50. The topological polar surface area (TPSA) is 59.1 Å². The van der Waals surface area contributed by atoms with Crippen LogP contribution in [-0.2, 0) is 19.1 Å². The number of nitrogens with zero attached hydrogens (tertiary/aromatic N) is 2. The lowest BCUT2D eigenvalue weighted by Gasteiger charge is -2.33. The molecular formula is C18H26N2O4. The van der Waals surface area contributed by atoms with Crippen molar-refractivity contribution >= 4 is 17.6 Å². The van der Waals surface area contributed by atoms with Gasteiger partial charge in [0.1, 0.15) is 6.04 Å². The van der Waals surface area contributed by atoms with Crippen LogP contribution in [0, 0.1) is 13.8 Å². The van der Waals surface area contributed by atoms with Crippen LogP contribution in [0.15, 0.2) is 18.2 Å². The van der Waals surface area contributed by atoms with Crippen molar-refractivity contribution in [3.63, 3.8) is 0 Å². The normalized spacial score (nSPS) is 16.5. The first-order chi connectivity index (χ1) is 11.5. The molecular weight excluding hydrogens is 308 g/mol. The lowest BCUT2D eigenvalue weighted by molar-refractivity contribution is -0.143. The fraction of sp³-hybridized carbons (Fsp3) is 0.556. The number of methoxy groups -OCH3 is 1. The minimum absolute atomic E-state index is 0.104. The number of carbonyl (C=O) groups excluding carboxylic acids is 2. The van der Waals surface area contributed by atoms with E-state index in [0.29, 0.717) is 13.2 Å². The Morgan fingerprint density at radius 3 is 2.38 bits per heavy atom. The molecule has 6 heteroatoms. The Morgan fingerprint density at radius 1 is 1.25 bits per heavy atom. The molecule has 0 radical (unpaired) electrons. The predicted octanol–water partition coefficient (Wildman–Crippen LogP) is 1.53. The third-order valence-corrected chi connectivity index (χ3v) is 4.34. The van der Waals surface area contributed by atoms with Gasteiger partial charge in [-0.1, -0.05) is 18.2 Å². The molecule has 0 bridgehead atoms. The van der Waals surface area contributed by atoms with E-state index in [-0.39, 0.29) is 12.5 Å². The Kier molecular flexibility index (Phi) is 6.34. The van der Waals surface area contributed by atoms with Crippen LogP contribution in [0.4, 0.5) is 5.69 Å². The van der Waals surface area contributed by atoms with Gasteiger partial charge in [0, 0.05) is 13.1 Å². The number of carbonyl (C=O) groups is 2. The van der Waals surface area contributed by atoms with Gasteiger partial charge < -0.3 is 9.47 Å². The Labute approximate surface area is 143 Å². The highest BCUT2D eigenvalue weighted by atomic mass is 16.5. The van der Waals surface area contributed by atoms with Gasteiger partial charge in [-0.05, 0) is 31.9 Å². The lowest BCUT2D eigenvalue weighted by atomic mass is 10.1. The van der Waals surface area contributed by atoms with Crippen LogP contribution in [0.25, 0.3) is 0 Å². The summed E-state index contributed by atoms with van der Waals surface area (Å²) in [5.74, 6) is -0.528. The third kappa shape index (κ3) is 4.13. The molecule has 0 saturated carbocycles. The Hall–Kier alpha value is -1.92. The van der Waals surface area contributed by atoms with E-state index in [2.05, 4.69) is 4.90 Å². The molecule has 1 aromatic rings. The Balaban J connectivity index is 2.31. The first-order valence-electron chi connectivity index (χ1n) is 8.22. The number of esters is 1. The maximum absolute atomic E-state index is 13.0. The van der Waals surface area contributed by atoms with Crippen molar-refractivity contribution < 1.29 is 19.1 Å². The van der Waals surface area contributed by atoms with E-state index in [0.717, 1.165) is 29.9 Å². The molecule has 6 nitrogen and oxygen atoms in total. The second kappa shape index (κ2) is 8.26. The Morgan fingerprint density at radius 2 is 1.83 bits per heavy atom. The maximum Gasteiger partial charge on any atom is 0.328 e. The smallest absolute Gasteiger partial charge is 0.328 e. The monoisotopic (exact) mass is 334 g/mol. The fourth-order valence-corrected chi connectivity index (χ4v) is 3.02. The van der Waals surface area contributed by atoms with Crippen LogP contribution in [0.5, 0.6) is 0 Å². The average molecular weight is 334 g/mol. The van der Waals surface area contributed by atoms with E-state index >= 15 is 0 Å². The summed E-state index contributed by atoms with van der Waals surface area (Å²) < 4.78 is 10.2. The van der Waals surface area contributed by atoms with Crippen molar-refractivity contribution in [3.05, 3.63) is 29.3 Å². The average Bonchev–Trinajstić information content (AvgIpc) is 2.57. The standard InChI is InChI=1S/C18H26N2O4/c1-13-6-5-7-14(2)17(13)20(15(3)18(22)23-4)16(21)12-19-8-10-24-11-9-19/h5-7,15H,8-12H2,1-4H3. The van der Waals surface area contributed by atoms with Gasteiger partial charge >= 0.3 is 5.97 Å². The third-order valence-electron chi connectivity index (χ3n) is 4.34. The summed E-state index contributed by atoms with van der Waals surface area (Å²) >= 11 is 0. The molecule has 1 aliphatic rings. The maximum atomic E-state index is 13.0. The molecule has 1 unspecified atom stereocenters. The van der Waals surface area contributed by atoms with Gasteiger partial charge in [-0.3, -0.25) is 14.6 Å². The first kappa shape index (κ1) is 18.4. The minimum Gasteiger partial charge on any atom is -0.467 e. The number of ether oxygens (including phenoxy) is 2. The van der Waals surface area contributed by atoms with Gasteiger partial charge in [-0.25, -0.2) is 4.79 Å². The number of hydrogen-bond acceptors (Lipinski definition) is 5. The van der Waals surface area contributed by atoms with E-state index in [1.54, 1.807) is 11.8 Å². The number of morpholine rings is 1. The number of benzene rings is 1. The number of amides is 1. The summed E-state index contributed by atoms with van der Waals surface area (Å²) in [6, 6.07) is 5.16. The van der Waals surface area contributed by atoms with Crippen molar-refractivity contribution in [2.75, 3.05) is 44.9 Å². The van der Waals surface area contributed by atoms with E-state index in [1.165, 1.54) is 7.11 Å². The largest absolute Gasteiger partial charge is 0.467 e. The van der Waals surface area contributed by atoms with E-state index in [1.807, 2.05) is 32.0 Å². The zero-order chi connectivity index (χ0) is 17.7. The van der Waals surface area contributed by atoms with Gasteiger partial charge in [0.05, 0.1) is 32.6 Å². The fourth-order valence-electron chi connectivity index (χ4n) is 3.02. The van der Waals surface area contributed by atoms with E-state index in [4.69, 9.17) is 9.47 Å². The number of para-hydroxylation sites is 1. The molecule has 0 N–H and O–H groups in total. The number of aryl methyl sites for hydroxylation is 2. The molecule has 1 heterocycles. The van der Waals surface area contributed by atoms with Crippen LogP contribution < -0.4 is 4.90 Å². The second-order valence-electron chi connectivity index (χ2n) is 6.09. The summed E-state index contributed by atoms with van der Waals surface area (Å²) in [7, 11) is 1.34. The van der Waals surface area contributed by atoms with Crippen molar-refractivity contribution in [1.82, 2.24) is 4.90 Å². The first-order valence-corrected chi connectivity index (χ1v) is 8.22. The molecule has 1 saturated heterocycles. The molecule has 24 heavy (non-hydrogen) atoms. The van der Waals surface area contributed by atoms with Gasteiger partial charge in [-0.2, -0.15) is 0 Å². The molecule has 1 fully saturated rings. The molecule has 0 aromatic heterocycles. The van der Waals surface area contributed by atoms with Crippen LogP contribution in [-0.4, -0.2) is 62.8 Å². The summed E-state index contributed by atoms with van der Waals surface area (Å²) in [6.07, 6.45) is 0. The van der Waals surface area contributed by atoms with Crippen LogP contribution in [0.3, 0.4) is 0 Å². The molecule has 1 aromatic carbocycles.